The number of hydrogen-bond donors (Lipinski definition) is 0. The normalized spacial score (nSPS) is 20.1. The predicted octanol–water partition coefficient (Wildman–Crippen LogP) is 2.42. The van der Waals surface area contributed by atoms with Crippen molar-refractivity contribution >= 4 is 17.2 Å². The molecule has 2 aromatic rings. The van der Waals surface area contributed by atoms with Crippen molar-refractivity contribution in [2.75, 3.05) is 24.6 Å². The second-order valence-electron chi connectivity index (χ2n) is 4.31. The van der Waals surface area contributed by atoms with E-state index in [4.69, 9.17) is 4.74 Å². The minimum absolute atomic E-state index is 0.0704. The molecule has 3 heterocycles. The third-order valence-electron chi connectivity index (χ3n) is 2.99. The first-order valence-electron chi connectivity index (χ1n) is 6.02. The van der Waals surface area contributed by atoms with E-state index in [-0.39, 0.29) is 6.10 Å². The van der Waals surface area contributed by atoms with Gasteiger partial charge in [-0.2, -0.15) is 0 Å². The average molecular weight is 261 g/mol. The highest BCUT2D eigenvalue weighted by atomic mass is 32.1. The molecule has 1 aliphatic heterocycles. The summed E-state index contributed by atoms with van der Waals surface area (Å²) >= 11 is 1.65. The lowest BCUT2D eigenvalue weighted by atomic mass is 10.2. The Kier molecular flexibility index (Phi) is 3.25. The smallest absolute Gasteiger partial charge is 0.128 e. The van der Waals surface area contributed by atoms with E-state index in [2.05, 4.69) is 20.9 Å². The molecule has 1 saturated heterocycles. The topological polar surface area (TPSA) is 38.2 Å². The largest absolute Gasteiger partial charge is 0.367 e. The fourth-order valence-electron chi connectivity index (χ4n) is 2.11. The van der Waals surface area contributed by atoms with E-state index in [0.29, 0.717) is 0 Å². The van der Waals surface area contributed by atoms with E-state index < -0.39 is 0 Å². The van der Waals surface area contributed by atoms with Gasteiger partial charge < -0.3 is 9.64 Å². The molecule has 0 saturated carbocycles. The van der Waals surface area contributed by atoms with Crippen LogP contribution in [0.3, 0.4) is 0 Å². The molecule has 0 aromatic carbocycles. The highest BCUT2D eigenvalue weighted by Gasteiger charge is 2.24. The van der Waals surface area contributed by atoms with Crippen LogP contribution in [0.4, 0.5) is 5.82 Å². The number of aromatic nitrogens is 2. The summed E-state index contributed by atoms with van der Waals surface area (Å²) in [5, 5.41) is 3.04. The molecule has 1 aliphatic rings. The zero-order chi connectivity index (χ0) is 12.4. The number of pyridine rings is 1. The van der Waals surface area contributed by atoms with Gasteiger partial charge in [0.25, 0.3) is 0 Å². The first kappa shape index (κ1) is 11.6. The maximum Gasteiger partial charge on any atom is 0.128 e. The first-order chi connectivity index (χ1) is 8.83. The van der Waals surface area contributed by atoms with Gasteiger partial charge in [0.1, 0.15) is 16.9 Å². The SMILES string of the molecule is Cc1cccc(N2CCOC(c3nccs3)C2)n1. The van der Waals surface area contributed by atoms with E-state index in [0.717, 1.165) is 36.2 Å². The molecule has 0 N–H and O–H groups in total. The molecule has 1 unspecified atom stereocenters. The number of nitrogens with zero attached hydrogens (tertiary/aromatic N) is 3. The number of rotatable bonds is 2. The zero-order valence-corrected chi connectivity index (χ0v) is 11.1. The van der Waals surface area contributed by atoms with Crippen molar-refractivity contribution in [2.45, 2.75) is 13.0 Å². The molecular weight excluding hydrogens is 246 g/mol. The van der Waals surface area contributed by atoms with Gasteiger partial charge in [-0.3, -0.25) is 0 Å². The van der Waals surface area contributed by atoms with Crippen molar-refractivity contribution in [3.63, 3.8) is 0 Å². The Morgan fingerprint density at radius 2 is 2.39 bits per heavy atom. The molecule has 0 radical (unpaired) electrons. The van der Waals surface area contributed by atoms with Gasteiger partial charge >= 0.3 is 0 Å². The Bertz CT molecular complexity index is 515. The van der Waals surface area contributed by atoms with Gasteiger partial charge in [0.05, 0.1) is 13.2 Å². The molecule has 1 atom stereocenters. The molecule has 18 heavy (non-hydrogen) atoms. The van der Waals surface area contributed by atoms with E-state index in [1.165, 1.54) is 0 Å². The monoisotopic (exact) mass is 261 g/mol. The summed E-state index contributed by atoms with van der Waals surface area (Å²) in [4.78, 5) is 11.2. The molecule has 5 heteroatoms. The Morgan fingerprint density at radius 3 is 3.17 bits per heavy atom. The van der Waals surface area contributed by atoms with Gasteiger partial charge in [0.2, 0.25) is 0 Å². The Morgan fingerprint density at radius 1 is 1.44 bits per heavy atom. The lowest BCUT2D eigenvalue weighted by Crippen LogP contribution is -2.38. The van der Waals surface area contributed by atoms with E-state index in [1.54, 1.807) is 11.3 Å². The number of ether oxygens (including phenoxy) is 1. The number of thiazole rings is 1. The van der Waals surface area contributed by atoms with Crippen LogP contribution in [0.1, 0.15) is 16.8 Å². The number of anilines is 1. The molecule has 1 fully saturated rings. The third-order valence-corrected chi connectivity index (χ3v) is 3.86. The van der Waals surface area contributed by atoms with Gasteiger partial charge in [0, 0.05) is 23.8 Å². The minimum atomic E-state index is 0.0704. The molecule has 2 aromatic heterocycles. The number of hydrogen-bond acceptors (Lipinski definition) is 5. The summed E-state index contributed by atoms with van der Waals surface area (Å²) in [5.41, 5.74) is 1.05. The molecule has 3 rings (SSSR count). The number of morpholine rings is 1. The summed E-state index contributed by atoms with van der Waals surface area (Å²) in [6, 6.07) is 6.12. The van der Waals surface area contributed by atoms with Crippen LogP contribution in [-0.2, 0) is 4.74 Å². The van der Waals surface area contributed by atoms with E-state index >= 15 is 0 Å². The zero-order valence-electron chi connectivity index (χ0n) is 10.2. The summed E-state index contributed by atoms with van der Waals surface area (Å²) in [6.45, 7) is 4.45. The van der Waals surface area contributed by atoms with Crippen molar-refractivity contribution in [2.24, 2.45) is 0 Å². The standard InChI is InChI=1S/C13H15N3OS/c1-10-3-2-4-12(15-10)16-6-7-17-11(9-16)13-14-5-8-18-13/h2-5,8,11H,6-7,9H2,1H3. The second kappa shape index (κ2) is 5.04. The Balaban J connectivity index is 1.78. The summed E-state index contributed by atoms with van der Waals surface area (Å²) < 4.78 is 5.78. The van der Waals surface area contributed by atoms with Crippen LogP contribution >= 0.6 is 11.3 Å². The van der Waals surface area contributed by atoms with Crippen molar-refractivity contribution in [3.8, 4) is 0 Å². The van der Waals surface area contributed by atoms with Crippen LogP contribution in [0.5, 0.6) is 0 Å². The molecular formula is C13H15N3OS. The van der Waals surface area contributed by atoms with Crippen molar-refractivity contribution < 1.29 is 4.74 Å². The summed E-state index contributed by atoms with van der Waals surface area (Å²) in [5.74, 6) is 1.03. The Hall–Kier alpha value is -1.46. The van der Waals surface area contributed by atoms with Gasteiger partial charge in [-0.15, -0.1) is 11.3 Å². The fraction of sp³-hybridized carbons (Fsp3) is 0.385. The maximum absolute atomic E-state index is 5.78. The highest BCUT2D eigenvalue weighted by Crippen LogP contribution is 2.26. The van der Waals surface area contributed by atoms with Crippen LogP contribution in [0.25, 0.3) is 0 Å². The van der Waals surface area contributed by atoms with Gasteiger partial charge in [-0.25, -0.2) is 9.97 Å². The average Bonchev–Trinajstić information content (AvgIpc) is 2.93. The van der Waals surface area contributed by atoms with Gasteiger partial charge in [0.15, 0.2) is 0 Å². The second-order valence-corrected chi connectivity index (χ2v) is 5.24. The van der Waals surface area contributed by atoms with Crippen molar-refractivity contribution in [1.82, 2.24) is 9.97 Å². The molecule has 0 bridgehead atoms. The fourth-order valence-corrected chi connectivity index (χ4v) is 2.78. The van der Waals surface area contributed by atoms with Gasteiger partial charge in [-0.05, 0) is 19.1 Å². The van der Waals surface area contributed by atoms with Gasteiger partial charge in [-0.1, -0.05) is 6.07 Å². The third kappa shape index (κ3) is 2.37. The van der Waals surface area contributed by atoms with Crippen LogP contribution in [0, 0.1) is 6.92 Å². The van der Waals surface area contributed by atoms with Crippen LogP contribution in [0.2, 0.25) is 0 Å². The van der Waals surface area contributed by atoms with Crippen molar-refractivity contribution in [1.29, 1.82) is 0 Å². The lowest BCUT2D eigenvalue weighted by molar-refractivity contribution is 0.0393. The maximum atomic E-state index is 5.78. The highest BCUT2D eigenvalue weighted by molar-refractivity contribution is 7.09. The molecule has 0 spiro atoms. The number of aryl methyl sites for hydroxylation is 1. The molecule has 94 valence electrons. The van der Waals surface area contributed by atoms with E-state index in [1.807, 2.05) is 30.6 Å². The molecule has 0 amide bonds. The minimum Gasteiger partial charge on any atom is -0.367 e. The molecule has 4 nitrogen and oxygen atoms in total. The first-order valence-corrected chi connectivity index (χ1v) is 6.90. The van der Waals surface area contributed by atoms with Crippen LogP contribution in [0.15, 0.2) is 29.8 Å². The summed E-state index contributed by atoms with van der Waals surface area (Å²) in [7, 11) is 0. The van der Waals surface area contributed by atoms with Crippen LogP contribution in [-0.4, -0.2) is 29.7 Å². The van der Waals surface area contributed by atoms with Crippen molar-refractivity contribution in [3.05, 3.63) is 40.5 Å². The van der Waals surface area contributed by atoms with Crippen LogP contribution < -0.4 is 4.90 Å². The predicted molar refractivity (Wildman–Crippen MR) is 72.0 cm³/mol. The summed E-state index contributed by atoms with van der Waals surface area (Å²) in [6.07, 6.45) is 1.90. The quantitative estimate of drug-likeness (QED) is 0.832. The Labute approximate surface area is 110 Å². The molecule has 0 aliphatic carbocycles. The van der Waals surface area contributed by atoms with E-state index in [9.17, 15) is 0 Å². The lowest BCUT2D eigenvalue weighted by Gasteiger charge is -2.32.